The fourth-order valence-corrected chi connectivity index (χ4v) is 6.04. The molecule has 0 bridgehead atoms. The molecule has 9 heteroatoms. The van der Waals surface area contributed by atoms with E-state index in [-0.39, 0.29) is 0 Å². The first-order valence-electron chi connectivity index (χ1n) is 11.2. The zero-order valence-corrected chi connectivity index (χ0v) is 19.3. The average molecular weight is 447 g/mol. The van der Waals surface area contributed by atoms with Gasteiger partial charge in [-0.3, -0.25) is 0 Å². The van der Waals surface area contributed by atoms with E-state index in [1.54, 1.807) is 17.7 Å². The van der Waals surface area contributed by atoms with Crippen LogP contribution in [0.2, 0.25) is 0 Å². The lowest BCUT2D eigenvalue weighted by atomic mass is 9.99. The first-order valence-corrected chi connectivity index (χ1v) is 12.0. The summed E-state index contributed by atoms with van der Waals surface area (Å²) in [5.41, 5.74) is 7.74. The van der Waals surface area contributed by atoms with Crippen LogP contribution in [-0.2, 0) is 0 Å². The van der Waals surface area contributed by atoms with Crippen LogP contribution in [0.1, 0.15) is 49.8 Å². The second-order valence-electron chi connectivity index (χ2n) is 8.93. The van der Waals surface area contributed by atoms with Gasteiger partial charge in [0.05, 0.1) is 33.0 Å². The van der Waals surface area contributed by atoms with Crippen LogP contribution in [0.4, 0.5) is 0 Å². The van der Waals surface area contributed by atoms with E-state index < -0.39 is 0 Å². The predicted octanol–water partition coefficient (Wildman–Crippen LogP) is 4.55. The van der Waals surface area contributed by atoms with Crippen LogP contribution in [0, 0.1) is 6.92 Å². The number of piperidine rings is 1. The molecule has 8 nitrogen and oxygen atoms in total. The average Bonchev–Trinajstić information content (AvgIpc) is 3.55. The predicted molar refractivity (Wildman–Crippen MR) is 127 cm³/mol. The van der Waals surface area contributed by atoms with E-state index in [9.17, 15) is 0 Å². The van der Waals surface area contributed by atoms with Crippen molar-refractivity contribution in [3.63, 3.8) is 0 Å². The molecular weight excluding hydrogens is 420 g/mol. The second kappa shape index (κ2) is 7.53. The van der Waals surface area contributed by atoms with Gasteiger partial charge in [-0.25, -0.2) is 14.2 Å². The lowest BCUT2D eigenvalue weighted by Crippen LogP contribution is -2.29. The van der Waals surface area contributed by atoms with Crippen molar-refractivity contribution < 1.29 is 0 Å². The molecule has 164 valence electrons. The van der Waals surface area contributed by atoms with Crippen molar-refractivity contribution in [1.82, 2.24) is 39.9 Å². The highest BCUT2D eigenvalue weighted by Crippen LogP contribution is 2.42. The molecule has 2 N–H and O–H groups in total. The SMILES string of the molecule is Cc1cc(-c2[nH]c3cc(-c4cn(C5CCNCC5)nn4)sc3c2C(C)C)cn2ncnc12. The third-order valence-electron chi connectivity index (χ3n) is 6.38. The summed E-state index contributed by atoms with van der Waals surface area (Å²) in [5.74, 6) is 0.377. The summed E-state index contributed by atoms with van der Waals surface area (Å²) in [6, 6.07) is 4.85. The van der Waals surface area contributed by atoms with Crippen molar-refractivity contribution in [2.45, 2.75) is 45.6 Å². The van der Waals surface area contributed by atoms with Gasteiger partial charge in [-0.05, 0) is 62.0 Å². The number of rotatable bonds is 4. The number of thiophene rings is 1. The highest BCUT2D eigenvalue weighted by atomic mass is 32.1. The van der Waals surface area contributed by atoms with Gasteiger partial charge in [0.2, 0.25) is 0 Å². The van der Waals surface area contributed by atoms with Crippen LogP contribution in [0.15, 0.2) is 30.9 Å². The van der Waals surface area contributed by atoms with Crippen LogP contribution in [-0.4, -0.2) is 47.7 Å². The van der Waals surface area contributed by atoms with Gasteiger partial charge in [0.25, 0.3) is 0 Å². The molecule has 0 saturated carbocycles. The van der Waals surface area contributed by atoms with E-state index in [2.05, 4.69) is 80.7 Å². The number of hydrogen-bond acceptors (Lipinski definition) is 6. The van der Waals surface area contributed by atoms with Gasteiger partial charge in [0, 0.05) is 11.8 Å². The normalized spacial score (nSPS) is 15.5. The van der Waals surface area contributed by atoms with Crippen molar-refractivity contribution in [3.05, 3.63) is 42.0 Å². The number of nitrogens with one attached hydrogen (secondary N) is 2. The quantitative estimate of drug-likeness (QED) is 0.423. The van der Waals surface area contributed by atoms with Gasteiger partial charge >= 0.3 is 0 Å². The van der Waals surface area contributed by atoms with E-state index in [1.165, 1.54) is 10.3 Å². The monoisotopic (exact) mass is 446 g/mol. The summed E-state index contributed by atoms with van der Waals surface area (Å²) < 4.78 is 5.20. The van der Waals surface area contributed by atoms with Crippen molar-refractivity contribution in [3.8, 4) is 21.8 Å². The van der Waals surface area contributed by atoms with E-state index in [0.29, 0.717) is 12.0 Å². The molecule has 0 aromatic carbocycles. The Morgan fingerprint density at radius 3 is 2.81 bits per heavy atom. The number of H-pyrrole nitrogens is 1. The van der Waals surface area contributed by atoms with Crippen LogP contribution >= 0.6 is 11.3 Å². The largest absolute Gasteiger partial charge is 0.354 e. The first kappa shape index (κ1) is 19.6. The highest BCUT2D eigenvalue weighted by molar-refractivity contribution is 7.22. The molecule has 6 heterocycles. The molecule has 32 heavy (non-hydrogen) atoms. The summed E-state index contributed by atoms with van der Waals surface area (Å²) in [7, 11) is 0. The van der Waals surface area contributed by atoms with Crippen LogP contribution < -0.4 is 5.32 Å². The van der Waals surface area contributed by atoms with Crippen molar-refractivity contribution in [2.75, 3.05) is 13.1 Å². The summed E-state index contributed by atoms with van der Waals surface area (Å²) >= 11 is 1.80. The van der Waals surface area contributed by atoms with E-state index in [1.807, 2.05) is 4.52 Å². The van der Waals surface area contributed by atoms with Crippen LogP contribution in [0.3, 0.4) is 0 Å². The van der Waals surface area contributed by atoms with Gasteiger partial charge in [0.15, 0.2) is 5.65 Å². The van der Waals surface area contributed by atoms with E-state index in [4.69, 9.17) is 0 Å². The molecule has 5 aromatic heterocycles. The molecule has 0 atom stereocenters. The van der Waals surface area contributed by atoms with Crippen molar-refractivity contribution in [1.29, 1.82) is 0 Å². The van der Waals surface area contributed by atoms with Gasteiger partial charge < -0.3 is 10.3 Å². The molecule has 0 spiro atoms. The third kappa shape index (κ3) is 3.15. The summed E-state index contributed by atoms with van der Waals surface area (Å²) in [5, 5.41) is 16.7. The minimum Gasteiger partial charge on any atom is -0.354 e. The maximum absolute atomic E-state index is 4.50. The summed E-state index contributed by atoms with van der Waals surface area (Å²) in [6.07, 6.45) is 7.97. The molecule has 1 fully saturated rings. The minimum absolute atomic E-state index is 0.377. The first-order chi connectivity index (χ1) is 15.6. The molecule has 0 unspecified atom stereocenters. The zero-order valence-electron chi connectivity index (χ0n) is 18.5. The molecule has 5 aromatic rings. The Kier molecular flexibility index (Phi) is 4.62. The highest BCUT2D eigenvalue weighted by Gasteiger charge is 2.22. The van der Waals surface area contributed by atoms with Gasteiger partial charge in [-0.15, -0.1) is 16.4 Å². The number of aryl methyl sites for hydroxylation is 1. The summed E-state index contributed by atoms with van der Waals surface area (Å²) in [4.78, 5) is 9.20. The Hall–Kier alpha value is -3.04. The second-order valence-corrected chi connectivity index (χ2v) is 9.98. The van der Waals surface area contributed by atoms with E-state index >= 15 is 0 Å². The molecule has 1 aliphatic rings. The third-order valence-corrected chi connectivity index (χ3v) is 7.57. The maximum Gasteiger partial charge on any atom is 0.158 e. The molecule has 0 aliphatic carbocycles. The Morgan fingerprint density at radius 1 is 1.16 bits per heavy atom. The molecule has 0 radical (unpaired) electrons. The molecule has 6 rings (SSSR count). The van der Waals surface area contributed by atoms with Crippen LogP contribution in [0.5, 0.6) is 0 Å². The number of pyridine rings is 1. The van der Waals surface area contributed by atoms with E-state index in [0.717, 1.165) is 64.5 Å². The molecule has 0 amide bonds. The fraction of sp³-hybridized carbons (Fsp3) is 0.391. The van der Waals surface area contributed by atoms with Gasteiger partial charge in [0.1, 0.15) is 12.0 Å². The molecular formula is C23H26N8S. The maximum atomic E-state index is 4.50. The Bertz CT molecular complexity index is 1410. The Labute approximate surface area is 189 Å². The lowest BCUT2D eigenvalue weighted by Gasteiger charge is -2.22. The minimum atomic E-state index is 0.377. The number of fused-ring (bicyclic) bond motifs is 2. The summed E-state index contributed by atoms with van der Waals surface area (Å²) in [6.45, 7) is 8.67. The number of hydrogen-bond donors (Lipinski definition) is 2. The Morgan fingerprint density at radius 2 is 2.00 bits per heavy atom. The topological polar surface area (TPSA) is 88.7 Å². The Balaban J connectivity index is 1.41. The van der Waals surface area contributed by atoms with Crippen molar-refractivity contribution in [2.24, 2.45) is 0 Å². The lowest BCUT2D eigenvalue weighted by molar-refractivity contribution is 0.337. The molecule has 1 saturated heterocycles. The smallest absolute Gasteiger partial charge is 0.158 e. The van der Waals surface area contributed by atoms with Gasteiger partial charge in [-0.2, -0.15) is 5.10 Å². The zero-order chi connectivity index (χ0) is 21.8. The van der Waals surface area contributed by atoms with Gasteiger partial charge in [-0.1, -0.05) is 19.1 Å². The number of aromatic nitrogens is 7. The van der Waals surface area contributed by atoms with Crippen molar-refractivity contribution >= 4 is 27.2 Å². The number of nitrogens with zero attached hydrogens (tertiary/aromatic N) is 6. The standard InChI is InChI=1S/C23H26N8S/c1-13(2)20-21(15-8-14(3)23-25-12-26-31(23)10-15)27-17-9-19(32-22(17)20)18-11-30(29-28-18)16-4-6-24-7-5-16/h8-13,16,24,27H,4-7H2,1-3H3. The molecule has 1 aliphatic heterocycles. The number of aromatic amines is 1. The fourth-order valence-electron chi connectivity index (χ4n) is 4.77. The van der Waals surface area contributed by atoms with Crippen LogP contribution in [0.25, 0.3) is 37.7 Å².